The van der Waals surface area contributed by atoms with Gasteiger partial charge in [0.05, 0.1) is 5.54 Å². The first-order valence-electron chi connectivity index (χ1n) is 9.16. The van der Waals surface area contributed by atoms with Gasteiger partial charge in [0.2, 0.25) is 0 Å². The Morgan fingerprint density at radius 1 is 1.15 bits per heavy atom. The average Bonchev–Trinajstić information content (AvgIpc) is 2.84. The molecule has 0 saturated carbocycles. The minimum absolute atomic E-state index is 0.256. The highest BCUT2D eigenvalue weighted by molar-refractivity contribution is 7.86. The Bertz CT molecular complexity index is 702. The van der Waals surface area contributed by atoms with Gasteiger partial charge in [0, 0.05) is 44.9 Å². The molecule has 9 heteroatoms. The molecule has 2 heterocycles. The van der Waals surface area contributed by atoms with Gasteiger partial charge in [-0.3, -0.25) is 14.9 Å². The maximum absolute atomic E-state index is 13.0. The molecule has 0 aromatic rings. The van der Waals surface area contributed by atoms with Crippen molar-refractivity contribution in [3.63, 3.8) is 0 Å². The van der Waals surface area contributed by atoms with Gasteiger partial charge in [-0.05, 0) is 13.3 Å². The Kier molecular flexibility index (Phi) is 6.60. The molecule has 0 aromatic carbocycles. The first-order valence-corrected chi connectivity index (χ1v) is 10.6. The Hall–Kier alpha value is -1.29. The lowest BCUT2D eigenvalue weighted by Crippen LogP contribution is -2.66. The second-order valence-electron chi connectivity index (χ2n) is 7.16. The number of carbonyl (C=O) groups excluding carboxylic acids is 2. The van der Waals surface area contributed by atoms with Crippen LogP contribution in [0.3, 0.4) is 0 Å². The van der Waals surface area contributed by atoms with Crippen molar-refractivity contribution in [3.05, 3.63) is 11.1 Å². The van der Waals surface area contributed by atoms with E-state index in [1.165, 1.54) is 22.7 Å². The Morgan fingerprint density at radius 2 is 1.85 bits per heavy atom. The van der Waals surface area contributed by atoms with E-state index in [4.69, 9.17) is 0 Å². The van der Waals surface area contributed by atoms with E-state index in [0.29, 0.717) is 25.1 Å². The number of nitrogens with one attached hydrogen (secondary N) is 2. The van der Waals surface area contributed by atoms with E-state index in [-0.39, 0.29) is 12.1 Å². The zero-order valence-corrected chi connectivity index (χ0v) is 16.9. The van der Waals surface area contributed by atoms with E-state index in [2.05, 4.69) is 17.6 Å². The molecule has 2 N–H and O–H groups in total. The van der Waals surface area contributed by atoms with Crippen LogP contribution in [0.15, 0.2) is 11.1 Å². The highest BCUT2D eigenvalue weighted by Gasteiger charge is 2.53. The standard InChI is InChI=1S/C17H30N4O4S/c1-5-6-7-8-9-17(14-13(2)15(22)19-16(14)23)12-18-10-11-21(17)26(24,25)20(3)4/h18H,5-12H2,1-4H3,(H,19,22,23). The normalized spacial score (nSPS) is 25.3. The van der Waals surface area contributed by atoms with E-state index >= 15 is 0 Å². The van der Waals surface area contributed by atoms with E-state index in [9.17, 15) is 18.0 Å². The molecule has 2 rings (SSSR count). The molecule has 148 valence electrons. The largest absolute Gasteiger partial charge is 0.313 e. The Morgan fingerprint density at radius 3 is 2.38 bits per heavy atom. The van der Waals surface area contributed by atoms with Gasteiger partial charge in [-0.1, -0.05) is 32.6 Å². The fourth-order valence-corrected chi connectivity index (χ4v) is 5.22. The maximum atomic E-state index is 13.0. The Balaban J connectivity index is 2.54. The third-order valence-corrected chi connectivity index (χ3v) is 7.22. The van der Waals surface area contributed by atoms with Crippen LogP contribution in [0.2, 0.25) is 0 Å². The van der Waals surface area contributed by atoms with Crippen molar-refractivity contribution >= 4 is 22.0 Å². The number of piperazine rings is 1. The van der Waals surface area contributed by atoms with Crippen LogP contribution >= 0.6 is 0 Å². The molecule has 1 saturated heterocycles. The summed E-state index contributed by atoms with van der Waals surface area (Å²) in [5, 5.41) is 5.57. The van der Waals surface area contributed by atoms with Gasteiger partial charge in [-0.2, -0.15) is 17.0 Å². The molecule has 0 aliphatic carbocycles. The van der Waals surface area contributed by atoms with Crippen molar-refractivity contribution in [2.45, 2.75) is 51.5 Å². The van der Waals surface area contributed by atoms with Crippen molar-refractivity contribution in [2.24, 2.45) is 0 Å². The number of imide groups is 1. The van der Waals surface area contributed by atoms with E-state index in [0.717, 1.165) is 25.7 Å². The smallest absolute Gasteiger partial charge is 0.282 e. The number of hydrogen-bond acceptors (Lipinski definition) is 5. The van der Waals surface area contributed by atoms with Gasteiger partial charge < -0.3 is 5.32 Å². The topological polar surface area (TPSA) is 98.8 Å². The van der Waals surface area contributed by atoms with Crippen molar-refractivity contribution in [1.29, 1.82) is 0 Å². The SMILES string of the molecule is CCCCCCC1(C2=C(C)C(=O)NC2=O)CNCCN1S(=O)(=O)N(C)C. The highest BCUT2D eigenvalue weighted by Crippen LogP contribution is 2.38. The monoisotopic (exact) mass is 386 g/mol. The summed E-state index contributed by atoms with van der Waals surface area (Å²) in [4.78, 5) is 24.6. The van der Waals surface area contributed by atoms with E-state index < -0.39 is 27.6 Å². The number of amides is 2. The summed E-state index contributed by atoms with van der Waals surface area (Å²) in [5.74, 6) is -0.920. The molecule has 0 bridgehead atoms. The van der Waals surface area contributed by atoms with Gasteiger partial charge in [0.15, 0.2) is 0 Å². The van der Waals surface area contributed by atoms with Crippen molar-refractivity contribution in [1.82, 2.24) is 19.2 Å². The van der Waals surface area contributed by atoms with Crippen LogP contribution in [0.4, 0.5) is 0 Å². The minimum atomic E-state index is -3.75. The molecule has 26 heavy (non-hydrogen) atoms. The lowest BCUT2D eigenvalue weighted by Gasteiger charge is -2.47. The molecule has 1 fully saturated rings. The molecule has 0 aromatic heterocycles. The number of rotatable bonds is 8. The highest BCUT2D eigenvalue weighted by atomic mass is 32.2. The molecule has 8 nitrogen and oxygen atoms in total. The molecule has 2 aliphatic rings. The molecular formula is C17H30N4O4S. The van der Waals surface area contributed by atoms with E-state index in [1.54, 1.807) is 6.92 Å². The van der Waals surface area contributed by atoms with Gasteiger partial charge in [0.25, 0.3) is 22.0 Å². The molecule has 1 unspecified atom stereocenters. The van der Waals surface area contributed by atoms with Gasteiger partial charge >= 0.3 is 0 Å². The second-order valence-corrected chi connectivity index (χ2v) is 9.23. The van der Waals surface area contributed by atoms with Crippen LogP contribution < -0.4 is 10.6 Å². The first kappa shape index (κ1) is 21.0. The second kappa shape index (κ2) is 8.16. The third kappa shape index (κ3) is 3.71. The molecule has 2 aliphatic heterocycles. The fraction of sp³-hybridized carbons (Fsp3) is 0.765. The van der Waals surface area contributed by atoms with E-state index in [1.807, 2.05) is 0 Å². The zero-order chi connectivity index (χ0) is 19.5. The summed E-state index contributed by atoms with van der Waals surface area (Å²) in [7, 11) is -0.778. The van der Waals surface area contributed by atoms with Crippen LogP contribution in [0.25, 0.3) is 0 Å². The number of carbonyl (C=O) groups is 2. The first-order chi connectivity index (χ1) is 12.2. The Labute approximate surface area is 156 Å². The minimum Gasteiger partial charge on any atom is -0.313 e. The predicted molar refractivity (Wildman–Crippen MR) is 99.5 cm³/mol. The molecule has 0 spiro atoms. The van der Waals surface area contributed by atoms with Crippen molar-refractivity contribution < 1.29 is 18.0 Å². The molecule has 2 amide bonds. The predicted octanol–water partition coefficient (Wildman–Crippen LogP) is 0.380. The third-order valence-electron chi connectivity index (χ3n) is 5.21. The van der Waals surface area contributed by atoms with Gasteiger partial charge in [0.1, 0.15) is 0 Å². The van der Waals surface area contributed by atoms with Gasteiger partial charge in [-0.15, -0.1) is 0 Å². The van der Waals surface area contributed by atoms with Crippen LogP contribution in [-0.4, -0.2) is 68.1 Å². The average molecular weight is 387 g/mol. The zero-order valence-electron chi connectivity index (χ0n) is 16.1. The lowest BCUT2D eigenvalue weighted by molar-refractivity contribution is -0.124. The van der Waals surface area contributed by atoms with Crippen molar-refractivity contribution in [3.8, 4) is 0 Å². The van der Waals surface area contributed by atoms with Crippen molar-refractivity contribution in [2.75, 3.05) is 33.7 Å². The van der Waals surface area contributed by atoms with Crippen LogP contribution in [0, 0.1) is 0 Å². The maximum Gasteiger partial charge on any atom is 0.282 e. The van der Waals surface area contributed by atoms with Crippen LogP contribution in [0.5, 0.6) is 0 Å². The number of nitrogens with zero attached hydrogens (tertiary/aromatic N) is 2. The van der Waals surface area contributed by atoms with Gasteiger partial charge in [-0.25, -0.2) is 0 Å². The van der Waals surface area contributed by atoms with Crippen LogP contribution in [0.1, 0.15) is 46.0 Å². The summed E-state index contributed by atoms with van der Waals surface area (Å²) < 4.78 is 28.6. The fourth-order valence-electron chi connectivity index (χ4n) is 3.81. The number of hydrogen-bond donors (Lipinski definition) is 2. The number of unbranched alkanes of at least 4 members (excludes halogenated alkanes) is 3. The summed E-state index contributed by atoms with van der Waals surface area (Å²) in [6, 6.07) is 0. The quantitative estimate of drug-likeness (QED) is 0.464. The summed E-state index contributed by atoms with van der Waals surface area (Å²) in [5.41, 5.74) is -0.445. The molecule has 1 atom stereocenters. The molecular weight excluding hydrogens is 356 g/mol. The summed E-state index contributed by atoms with van der Waals surface area (Å²) in [6.45, 7) is 4.78. The molecule has 0 radical (unpaired) electrons. The lowest BCUT2D eigenvalue weighted by atomic mass is 9.81. The summed E-state index contributed by atoms with van der Waals surface area (Å²) in [6.07, 6.45) is 4.35. The summed E-state index contributed by atoms with van der Waals surface area (Å²) >= 11 is 0. The van der Waals surface area contributed by atoms with Crippen LogP contribution in [-0.2, 0) is 19.8 Å².